The Hall–Kier alpha value is -4.26. The van der Waals surface area contributed by atoms with Crippen LogP contribution in [0.15, 0.2) is 72.3 Å². The van der Waals surface area contributed by atoms with Crippen molar-refractivity contribution in [2.24, 2.45) is 0 Å². The van der Waals surface area contributed by atoms with Crippen LogP contribution in [0.3, 0.4) is 0 Å². The molecule has 3 aromatic carbocycles. The first-order chi connectivity index (χ1) is 17.8. The normalized spacial score (nSPS) is 16.7. The summed E-state index contributed by atoms with van der Waals surface area (Å²) in [4.78, 5) is 30.6. The Kier molecular flexibility index (Phi) is 7.53. The lowest BCUT2D eigenvalue weighted by atomic mass is 9.93. The van der Waals surface area contributed by atoms with E-state index in [0.717, 1.165) is 24.3 Å². The van der Waals surface area contributed by atoms with Crippen LogP contribution >= 0.6 is 0 Å². The number of ketones is 1. The summed E-state index contributed by atoms with van der Waals surface area (Å²) in [5.41, 5.74) is 3.45. The van der Waals surface area contributed by atoms with E-state index in [1.807, 2.05) is 37.3 Å². The molecule has 1 fully saturated rings. The van der Waals surface area contributed by atoms with E-state index in [-0.39, 0.29) is 11.3 Å². The van der Waals surface area contributed by atoms with Crippen LogP contribution in [0.2, 0.25) is 0 Å². The van der Waals surface area contributed by atoms with E-state index >= 15 is 0 Å². The number of Topliss-reactive ketones (excluding diaryl/α,β-unsaturated/α-hetero) is 1. The van der Waals surface area contributed by atoms with Gasteiger partial charge in [0, 0.05) is 30.0 Å². The zero-order valence-corrected chi connectivity index (χ0v) is 21.8. The SMILES string of the molecule is CCN(CC)c1ccc(N2C(=O)C(=O)/C(=C(\O)c3ccc(OC)cc3C)C2c2cccc(OC)c2)cc1. The number of anilines is 2. The summed E-state index contributed by atoms with van der Waals surface area (Å²) in [6.07, 6.45) is 0. The van der Waals surface area contributed by atoms with E-state index in [0.29, 0.717) is 28.3 Å². The minimum absolute atomic E-state index is 0.0272. The number of nitrogens with zero attached hydrogens (tertiary/aromatic N) is 2. The number of hydrogen-bond acceptors (Lipinski definition) is 6. The Morgan fingerprint density at radius 2 is 1.57 bits per heavy atom. The third-order valence-electron chi connectivity index (χ3n) is 6.80. The smallest absolute Gasteiger partial charge is 0.300 e. The van der Waals surface area contributed by atoms with Gasteiger partial charge in [0.15, 0.2) is 0 Å². The van der Waals surface area contributed by atoms with E-state index in [1.165, 1.54) is 4.90 Å². The van der Waals surface area contributed by atoms with Gasteiger partial charge in [-0.3, -0.25) is 14.5 Å². The largest absolute Gasteiger partial charge is 0.507 e. The van der Waals surface area contributed by atoms with Gasteiger partial charge in [-0.2, -0.15) is 0 Å². The molecular weight excluding hydrogens is 468 g/mol. The van der Waals surface area contributed by atoms with Crippen molar-refractivity contribution >= 4 is 28.8 Å². The summed E-state index contributed by atoms with van der Waals surface area (Å²) in [5, 5.41) is 11.5. The van der Waals surface area contributed by atoms with Gasteiger partial charge in [-0.25, -0.2) is 0 Å². The highest BCUT2D eigenvalue weighted by Gasteiger charge is 2.47. The molecule has 0 saturated carbocycles. The molecule has 37 heavy (non-hydrogen) atoms. The van der Waals surface area contributed by atoms with Crippen LogP contribution in [0, 0.1) is 6.92 Å². The van der Waals surface area contributed by atoms with Crippen molar-refractivity contribution in [1.82, 2.24) is 0 Å². The fourth-order valence-electron chi connectivity index (χ4n) is 4.81. The first-order valence-corrected chi connectivity index (χ1v) is 12.3. The molecular formula is C30H32N2O5. The second-order valence-electron chi connectivity index (χ2n) is 8.82. The van der Waals surface area contributed by atoms with Gasteiger partial charge in [-0.05, 0) is 86.5 Å². The van der Waals surface area contributed by atoms with E-state index in [1.54, 1.807) is 50.6 Å². The third kappa shape index (κ3) is 4.77. The molecule has 0 radical (unpaired) electrons. The highest BCUT2D eigenvalue weighted by Crippen LogP contribution is 2.43. The molecule has 7 heteroatoms. The zero-order valence-electron chi connectivity index (χ0n) is 21.8. The van der Waals surface area contributed by atoms with Crippen LogP contribution < -0.4 is 19.3 Å². The summed E-state index contributed by atoms with van der Waals surface area (Å²) in [6.45, 7) is 7.69. The van der Waals surface area contributed by atoms with Crippen molar-refractivity contribution in [2.45, 2.75) is 26.8 Å². The van der Waals surface area contributed by atoms with E-state index in [2.05, 4.69) is 18.7 Å². The molecule has 1 heterocycles. The first kappa shape index (κ1) is 25.8. The molecule has 1 amide bonds. The summed E-state index contributed by atoms with van der Waals surface area (Å²) < 4.78 is 10.7. The van der Waals surface area contributed by atoms with Gasteiger partial charge in [0.05, 0.1) is 25.8 Å². The molecule has 1 unspecified atom stereocenters. The number of carbonyl (C=O) groups is 2. The number of amides is 1. The highest BCUT2D eigenvalue weighted by molar-refractivity contribution is 6.51. The Bertz CT molecular complexity index is 1340. The molecule has 0 bridgehead atoms. The summed E-state index contributed by atoms with van der Waals surface area (Å²) in [7, 11) is 3.12. The predicted molar refractivity (Wildman–Crippen MR) is 146 cm³/mol. The van der Waals surface area contributed by atoms with Crippen molar-refractivity contribution in [3.05, 3.63) is 89.0 Å². The number of methoxy groups -OCH3 is 2. The highest BCUT2D eigenvalue weighted by atomic mass is 16.5. The summed E-state index contributed by atoms with van der Waals surface area (Å²) in [6, 6.07) is 19.1. The average Bonchev–Trinajstić information content (AvgIpc) is 3.19. The van der Waals surface area contributed by atoms with Gasteiger partial charge in [0.2, 0.25) is 0 Å². The molecule has 1 atom stereocenters. The van der Waals surface area contributed by atoms with E-state index in [9.17, 15) is 14.7 Å². The number of aliphatic hydroxyl groups is 1. The molecule has 192 valence electrons. The lowest BCUT2D eigenvalue weighted by molar-refractivity contribution is -0.132. The molecule has 0 aliphatic carbocycles. The van der Waals surface area contributed by atoms with E-state index in [4.69, 9.17) is 9.47 Å². The molecule has 1 aliphatic rings. The topological polar surface area (TPSA) is 79.3 Å². The Labute approximate surface area is 217 Å². The second-order valence-corrected chi connectivity index (χ2v) is 8.82. The Balaban J connectivity index is 1.90. The fraction of sp³-hybridized carbons (Fsp3) is 0.267. The monoisotopic (exact) mass is 500 g/mol. The molecule has 7 nitrogen and oxygen atoms in total. The average molecular weight is 501 g/mol. The van der Waals surface area contributed by atoms with Crippen LogP contribution in [-0.2, 0) is 9.59 Å². The van der Waals surface area contributed by atoms with Gasteiger partial charge in [-0.15, -0.1) is 0 Å². The lowest BCUT2D eigenvalue weighted by Crippen LogP contribution is -2.29. The summed E-state index contributed by atoms with van der Waals surface area (Å²) >= 11 is 0. The summed E-state index contributed by atoms with van der Waals surface area (Å²) in [5.74, 6) is -0.453. The maximum absolute atomic E-state index is 13.5. The molecule has 0 spiro atoms. The van der Waals surface area contributed by atoms with Gasteiger partial charge < -0.3 is 19.5 Å². The molecule has 1 aliphatic heterocycles. The van der Waals surface area contributed by atoms with Gasteiger partial charge >= 0.3 is 0 Å². The maximum atomic E-state index is 13.5. The van der Waals surface area contributed by atoms with Crippen LogP contribution in [0.4, 0.5) is 11.4 Å². The minimum Gasteiger partial charge on any atom is -0.507 e. The minimum atomic E-state index is -0.837. The second kappa shape index (κ2) is 10.8. The van der Waals surface area contributed by atoms with Crippen LogP contribution in [-0.4, -0.2) is 44.1 Å². The number of rotatable bonds is 8. The van der Waals surface area contributed by atoms with Crippen molar-refractivity contribution in [3.63, 3.8) is 0 Å². The lowest BCUT2D eigenvalue weighted by Gasteiger charge is -2.27. The number of hydrogen-bond donors (Lipinski definition) is 1. The molecule has 1 saturated heterocycles. The number of ether oxygens (including phenoxy) is 2. The van der Waals surface area contributed by atoms with Crippen LogP contribution in [0.25, 0.3) is 5.76 Å². The van der Waals surface area contributed by atoms with Gasteiger partial charge in [0.1, 0.15) is 17.3 Å². The molecule has 0 aromatic heterocycles. The van der Waals surface area contributed by atoms with Gasteiger partial charge in [-0.1, -0.05) is 12.1 Å². The zero-order chi connectivity index (χ0) is 26.7. The van der Waals surface area contributed by atoms with Crippen LogP contribution in [0.1, 0.15) is 36.6 Å². The fourth-order valence-corrected chi connectivity index (χ4v) is 4.81. The molecule has 4 rings (SSSR count). The molecule has 1 N–H and O–H groups in total. The number of aliphatic hydroxyl groups excluding tert-OH is 1. The third-order valence-corrected chi connectivity index (χ3v) is 6.80. The van der Waals surface area contributed by atoms with Crippen molar-refractivity contribution < 1.29 is 24.2 Å². The number of carbonyl (C=O) groups excluding carboxylic acids is 2. The van der Waals surface area contributed by atoms with Crippen molar-refractivity contribution in [2.75, 3.05) is 37.1 Å². The van der Waals surface area contributed by atoms with Crippen molar-refractivity contribution in [3.8, 4) is 11.5 Å². The van der Waals surface area contributed by atoms with E-state index < -0.39 is 17.7 Å². The standard InChI is InChI=1S/C30H32N2O5/c1-6-31(7-2)21-11-13-22(14-12-21)32-27(20-9-8-10-23(18-20)36-4)26(29(34)30(32)35)28(33)25-16-15-24(37-5)17-19(25)3/h8-18,27,33H,6-7H2,1-5H3/b28-26-. The first-order valence-electron chi connectivity index (χ1n) is 12.3. The Morgan fingerprint density at radius 3 is 2.16 bits per heavy atom. The molecule has 3 aromatic rings. The number of aryl methyl sites for hydroxylation is 1. The maximum Gasteiger partial charge on any atom is 0.300 e. The van der Waals surface area contributed by atoms with Crippen molar-refractivity contribution in [1.29, 1.82) is 0 Å². The number of benzene rings is 3. The predicted octanol–water partition coefficient (Wildman–Crippen LogP) is 5.48. The van der Waals surface area contributed by atoms with Gasteiger partial charge in [0.25, 0.3) is 11.7 Å². The quantitative estimate of drug-likeness (QED) is 0.251. The Morgan fingerprint density at radius 1 is 0.919 bits per heavy atom. The van der Waals surface area contributed by atoms with Crippen LogP contribution in [0.5, 0.6) is 11.5 Å².